The third-order valence-electron chi connectivity index (χ3n) is 3.14. The molecule has 2 heterocycles. The fraction of sp³-hybridized carbons (Fsp3) is 0.636. The van der Waals surface area contributed by atoms with Gasteiger partial charge in [-0.05, 0) is 38.8 Å². The lowest BCUT2D eigenvalue weighted by Crippen LogP contribution is -2.38. The molecule has 2 atom stereocenters. The van der Waals surface area contributed by atoms with E-state index in [-0.39, 0.29) is 0 Å². The lowest BCUT2D eigenvalue weighted by atomic mass is 9.93. The van der Waals surface area contributed by atoms with Gasteiger partial charge in [-0.1, -0.05) is 23.2 Å². The van der Waals surface area contributed by atoms with Crippen molar-refractivity contribution in [2.75, 3.05) is 18.4 Å². The monoisotopic (exact) mass is 274 g/mol. The van der Waals surface area contributed by atoms with Gasteiger partial charge in [-0.15, -0.1) is 10.2 Å². The summed E-state index contributed by atoms with van der Waals surface area (Å²) in [5.74, 6) is 0.603. The Kier molecular flexibility index (Phi) is 4.42. The van der Waals surface area contributed by atoms with E-state index in [4.69, 9.17) is 23.2 Å². The average molecular weight is 275 g/mol. The van der Waals surface area contributed by atoms with Crippen LogP contribution in [0, 0.1) is 5.92 Å². The third kappa shape index (κ3) is 3.44. The first kappa shape index (κ1) is 12.9. The molecule has 0 amide bonds. The minimum absolute atomic E-state index is 0.334. The Labute approximate surface area is 111 Å². The Morgan fingerprint density at radius 1 is 1.47 bits per heavy atom. The van der Waals surface area contributed by atoms with E-state index in [1.165, 1.54) is 12.8 Å². The van der Waals surface area contributed by atoms with Gasteiger partial charge in [-0.3, -0.25) is 0 Å². The highest BCUT2D eigenvalue weighted by Crippen LogP contribution is 2.24. The summed E-state index contributed by atoms with van der Waals surface area (Å²) in [5, 5.41) is 15.0. The number of rotatable bonds is 3. The lowest BCUT2D eigenvalue weighted by Gasteiger charge is -2.29. The smallest absolute Gasteiger partial charge is 0.174 e. The van der Waals surface area contributed by atoms with Crippen molar-refractivity contribution in [2.45, 2.75) is 25.8 Å². The Balaban J connectivity index is 2.01. The van der Waals surface area contributed by atoms with Crippen molar-refractivity contribution in [1.29, 1.82) is 0 Å². The summed E-state index contributed by atoms with van der Waals surface area (Å²) in [6.45, 7) is 4.31. The number of piperidine rings is 1. The number of anilines is 1. The number of halogens is 2. The van der Waals surface area contributed by atoms with Crippen LogP contribution in [0.25, 0.3) is 0 Å². The van der Waals surface area contributed by atoms with Crippen molar-refractivity contribution >= 4 is 28.9 Å². The molecule has 6 heteroatoms. The summed E-state index contributed by atoms with van der Waals surface area (Å²) in [6, 6.07) is 2.05. The molecule has 2 N–H and O–H groups in total. The van der Waals surface area contributed by atoms with Gasteiger partial charge in [0, 0.05) is 12.1 Å². The predicted octanol–water partition coefficient (Wildman–Crippen LogP) is 2.58. The Hall–Kier alpha value is -0.580. The van der Waals surface area contributed by atoms with E-state index in [2.05, 4.69) is 27.8 Å². The fourth-order valence-electron chi connectivity index (χ4n) is 2.12. The van der Waals surface area contributed by atoms with Crippen molar-refractivity contribution in [2.24, 2.45) is 5.92 Å². The Morgan fingerprint density at radius 2 is 2.29 bits per heavy atom. The summed E-state index contributed by atoms with van der Waals surface area (Å²) in [7, 11) is 0. The van der Waals surface area contributed by atoms with E-state index >= 15 is 0 Å². The molecule has 0 saturated carbocycles. The van der Waals surface area contributed by atoms with Gasteiger partial charge in [-0.25, -0.2) is 0 Å². The first-order valence-electron chi connectivity index (χ1n) is 5.83. The number of nitrogens with zero attached hydrogens (tertiary/aromatic N) is 2. The number of nitrogens with one attached hydrogen (secondary N) is 2. The van der Waals surface area contributed by atoms with E-state index < -0.39 is 0 Å². The van der Waals surface area contributed by atoms with Crippen molar-refractivity contribution in [1.82, 2.24) is 15.5 Å². The van der Waals surface area contributed by atoms with Crippen LogP contribution in [0.1, 0.15) is 19.8 Å². The first-order valence-corrected chi connectivity index (χ1v) is 6.58. The molecule has 1 aliphatic rings. The zero-order valence-electron chi connectivity index (χ0n) is 9.71. The minimum Gasteiger partial charge on any atom is -0.380 e. The molecule has 1 aromatic heterocycles. The van der Waals surface area contributed by atoms with Gasteiger partial charge in [0.1, 0.15) is 0 Å². The molecule has 1 saturated heterocycles. The van der Waals surface area contributed by atoms with E-state index in [0.29, 0.717) is 22.3 Å². The van der Waals surface area contributed by atoms with E-state index in [9.17, 15) is 0 Å². The first-order chi connectivity index (χ1) is 8.16. The Morgan fingerprint density at radius 3 is 3.00 bits per heavy atom. The zero-order valence-corrected chi connectivity index (χ0v) is 11.2. The van der Waals surface area contributed by atoms with Crippen LogP contribution in [-0.4, -0.2) is 29.3 Å². The molecule has 0 aromatic carbocycles. The van der Waals surface area contributed by atoms with E-state index in [1.807, 2.05) is 0 Å². The summed E-state index contributed by atoms with van der Waals surface area (Å²) in [6.07, 6.45) is 2.45. The maximum atomic E-state index is 5.97. The summed E-state index contributed by atoms with van der Waals surface area (Å²) in [5.41, 5.74) is 0.754. The van der Waals surface area contributed by atoms with Crippen LogP contribution in [0.4, 0.5) is 5.69 Å². The van der Waals surface area contributed by atoms with Gasteiger partial charge in [-0.2, -0.15) is 0 Å². The normalized spacial score (nSPS) is 22.2. The standard InChI is InChI=1S/C11H16Cl2N4/c1-7(8-3-2-4-14-6-8)15-9-5-10(12)16-17-11(9)13/h5,7-8,14H,2-4,6H2,1H3,(H,15,16). The number of hydrogen-bond donors (Lipinski definition) is 2. The maximum Gasteiger partial charge on any atom is 0.174 e. The van der Waals surface area contributed by atoms with Crippen LogP contribution < -0.4 is 10.6 Å². The van der Waals surface area contributed by atoms with Crippen LogP contribution in [0.2, 0.25) is 10.3 Å². The van der Waals surface area contributed by atoms with Crippen LogP contribution in [0.15, 0.2) is 6.07 Å². The van der Waals surface area contributed by atoms with Crippen LogP contribution in [-0.2, 0) is 0 Å². The average Bonchev–Trinajstić information content (AvgIpc) is 2.35. The molecule has 2 rings (SSSR count). The molecular formula is C11H16Cl2N4. The Bertz CT molecular complexity index is 380. The highest BCUT2D eigenvalue weighted by atomic mass is 35.5. The summed E-state index contributed by atoms with van der Waals surface area (Å²) < 4.78 is 0. The lowest BCUT2D eigenvalue weighted by molar-refractivity contribution is 0.347. The largest absolute Gasteiger partial charge is 0.380 e. The number of aromatic nitrogens is 2. The van der Waals surface area contributed by atoms with Gasteiger partial charge < -0.3 is 10.6 Å². The summed E-state index contributed by atoms with van der Waals surface area (Å²) >= 11 is 11.8. The van der Waals surface area contributed by atoms with Crippen LogP contribution >= 0.6 is 23.2 Å². The van der Waals surface area contributed by atoms with E-state index in [1.54, 1.807) is 6.07 Å². The molecule has 17 heavy (non-hydrogen) atoms. The van der Waals surface area contributed by atoms with Gasteiger partial charge in [0.15, 0.2) is 10.3 Å². The van der Waals surface area contributed by atoms with Crippen LogP contribution in [0.5, 0.6) is 0 Å². The quantitative estimate of drug-likeness (QED) is 0.890. The molecule has 0 spiro atoms. The second-order valence-corrected chi connectivity index (χ2v) is 5.16. The van der Waals surface area contributed by atoms with Gasteiger partial charge >= 0.3 is 0 Å². The van der Waals surface area contributed by atoms with Gasteiger partial charge in [0.25, 0.3) is 0 Å². The molecule has 0 aliphatic carbocycles. The molecule has 0 radical (unpaired) electrons. The number of hydrogen-bond acceptors (Lipinski definition) is 4. The molecule has 0 bridgehead atoms. The molecule has 1 aliphatic heterocycles. The highest BCUT2D eigenvalue weighted by Gasteiger charge is 2.20. The fourth-order valence-corrected chi connectivity index (χ4v) is 2.42. The zero-order chi connectivity index (χ0) is 12.3. The SMILES string of the molecule is CC(Nc1cc(Cl)nnc1Cl)C1CCCNC1. The highest BCUT2D eigenvalue weighted by molar-refractivity contribution is 6.33. The maximum absolute atomic E-state index is 5.97. The minimum atomic E-state index is 0.334. The van der Waals surface area contributed by atoms with Crippen molar-refractivity contribution in [3.63, 3.8) is 0 Å². The van der Waals surface area contributed by atoms with Crippen molar-refractivity contribution in [3.8, 4) is 0 Å². The van der Waals surface area contributed by atoms with Crippen LogP contribution in [0.3, 0.4) is 0 Å². The molecular weight excluding hydrogens is 259 g/mol. The van der Waals surface area contributed by atoms with Crippen molar-refractivity contribution < 1.29 is 0 Å². The molecule has 94 valence electrons. The topological polar surface area (TPSA) is 49.8 Å². The summed E-state index contributed by atoms with van der Waals surface area (Å²) in [4.78, 5) is 0. The third-order valence-corrected chi connectivity index (χ3v) is 3.61. The predicted molar refractivity (Wildman–Crippen MR) is 70.7 cm³/mol. The molecule has 2 unspecified atom stereocenters. The molecule has 4 nitrogen and oxygen atoms in total. The van der Waals surface area contributed by atoms with E-state index in [0.717, 1.165) is 18.8 Å². The van der Waals surface area contributed by atoms with Gasteiger partial charge in [0.05, 0.1) is 5.69 Å². The molecule has 1 aromatic rings. The second kappa shape index (κ2) is 5.85. The van der Waals surface area contributed by atoms with Crippen molar-refractivity contribution in [3.05, 3.63) is 16.4 Å². The molecule has 1 fully saturated rings. The second-order valence-electron chi connectivity index (χ2n) is 4.41. The van der Waals surface area contributed by atoms with Gasteiger partial charge in [0.2, 0.25) is 0 Å².